The standard InChI is InChI=1S/C13H9N3O4S/c17-12(8-2-1-3-18-8)15-16-13-14-7-4-9-10(20-6-19-9)5-11(7)21-13/h1-5H,6H2,(H,14,16)(H,15,17). The highest BCUT2D eigenvalue weighted by Gasteiger charge is 2.17. The molecule has 0 bridgehead atoms. The van der Waals surface area contributed by atoms with Crippen molar-refractivity contribution in [3.8, 4) is 11.5 Å². The summed E-state index contributed by atoms with van der Waals surface area (Å²) in [6.07, 6.45) is 1.44. The maximum atomic E-state index is 11.7. The van der Waals surface area contributed by atoms with Crippen LogP contribution in [0.3, 0.4) is 0 Å². The molecule has 1 aliphatic rings. The second-order valence-electron chi connectivity index (χ2n) is 4.25. The maximum absolute atomic E-state index is 11.7. The Kier molecular flexibility index (Phi) is 2.68. The van der Waals surface area contributed by atoms with Crippen molar-refractivity contribution in [2.45, 2.75) is 0 Å². The number of aromatic nitrogens is 1. The number of rotatable bonds is 3. The summed E-state index contributed by atoms with van der Waals surface area (Å²) in [7, 11) is 0. The molecule has 0 radical (unpaired) electrons. The number of hydrazine groups is 1. The molecule has 1 aromatic carbocycles. The molecule has 1 amide bonds. The van der Waals surface area contributed by atoms with E-state index < -0.39 is 0 Å². The van der Waals surface area contributed by atoms with Crippen LogP contribution in [0.15, 0.2) is 34.9 Å². The fourth-order valence-corrected chi connectivity index (χ4v) is 2.78. The fraction of sp³-hybridized carbons (Fsp3) is 0.0769. The number of hydrogen-bond donors (Lipinski definition) is 2. The molecule has 4 rings (SSSR count). The van der Waals surface area contributed by atoms with Crippen LogP contribution in [0.2, 0.25) is 0 Å². The molecule has 1 aliphatic heterocycles. The highest BCUT2D eigenvalue weighted by atomic mass is 32.1. The highest BCUT2D eigenvalue weighted by Crippen LogP contribution is 2.38. The average molecular weight is 303 g/mol. The lowest BCUT2D eigenvalue weighted by Crippen LogP contribution is -2.28. The molecular formula is C13H9N3O4S. The summed E-state index contributed by atoms with van der Waals surface area (Å²) < 4.78 is 16.6. The molecule has 2 aromatic heterocycles. The van der Waals surface area contributed by atoms with Crippen LogP contribution in [-0.2, 0) is 0 Å². The van der Waals surface area contributed by atoms with Gasteiger partial charge in [0.1, 0.15) is 0 Å². The van der Waals surface area contributed by atoms with Gasteiger partial charge in [-0.05, 0) is 12.1 Å². The van der Waals surface area contributed by atoms with E-state index in [-0.39, 0.29) is 18.5 Å². The summed E-state index contributed by atoms with van der Waals surface area (Å²) in [5, 5.41) is 0.563. The minimum absolute atomic E-state index is 0.226. The molecule has 3 aromatic rings. The SMILES string of the molecule is O=C(NNc1nc2cc3c(cc2s1)OCO3)c1ccco1. The monoisotopic (exact) mass is 303 g/mol. The van der Waals surface area contributed by atoms with Crippen molar-refractivity contribution in [2.75, 3.05) is 12.2 Å². The topological polar surface area (TPSA) is 85.6 Å². The largest absolute Gasteiger partial charge is 0.459 e. The van der Waals surface area contributed by atoms with Gasteiger partial charge in [-0.2, -0.15) is 0 Å². The average Bonchev–Trinajstić information content (AvgIpc) is 3.20. The van der Waals surface area contributed by atoms with Crippen LogP contribution in [0, 0.1) is 0 Å². The van der Waals surface area contributed by atoms with Crippen molar-refractivity contribution in [2.24, 2.45) is 0 Å². The van der Waals surface area contributed by atoms with Crippen molar-refractivity contribution < 1.29 is 18.7 Å². The third kappa shape index (κ3) is 2.15. The second-order valence-corrected chi connectivity index (χ2v) is 5.28. The number of carbonyl (C=O) groups excluding carboxylic acids is 1. The molecule has 21 heavy (non-hydrogen) atoms. The minimum atomic E-state index is -0.367. The molecule has 3 heterocycles. The van der Waals surface area contributed by atoms with Gasteiger partial charge in [0.15, 0.2) is 17.3 Å². The van der Waals surface area contributed by atoms with Gasteiger partial charge >= 0.3 is 5.91 Å². The summed E-state index contributed by atoms with van der Waals surface area (Å²) in [4.78, 5) is 16.1. The van der Waals surface area contributed by atoms with Crippen molar-refractivity contribution in [3.05, 3.63) is 36.3 Å². The molecule has 106 valence electrons. The molecule has 8 heteroatoms. The lowest BCUT2D eigenvalue weighted by molar-refractivity contribution is 0.0935. The molecule has 7 nitrogen and oxygen atoms in total. The molecular weight excluding hydrogens is 294 g/mol. The van der Waals surface area contributed by atoms with Crippen LogP contribution in [0.5, 0.6) is 11.5 Å². The van der Waals surface area contributed by atoms with E-state index in [1.54, 1.807) is 12.1 Å². The zero-order valence-corrected chi connectivity index (χ0v) is 11.4. The number of furan rings is 1. The van der Waals surface area contributed by atoms with E-state index in [1.165, 1.54) is 17.6 Å². The molecule has 0 fully saturated rings. The van der Waals surface area contributed by atoms with E-state index in [4.69, 9.17) is 13.9 Å². The Morgan fingerprint density at radius 3 is 2.95 bits per heavy atom. The lowest BCUT2D eigenvalue weighted by atomic mass is 10.3. The number of nitrogens with zero attached hydrogens (tertiary/aromatic N) is 1. The van der Waals surface area contributed by atoms with E-state index >= 15 is 0 Å². The van der Waals surface area contributed by atoms with Gasteiger partial charge in [-0.1, -0.05) is 11.3 Å². The number of ether oxygens (including phenoxy) is 2. The zero-order valence-electron chi connectivity index (χ0n) is 10.6. The number of fused-ring (bicyclic) bond motifs is 2. The number of nitrogens with one attached hydrogen (secondary N) is 2. The first-order chi connectivity index (χ1) is 10.3. The first-order valence-corrected chi connectivity index (χ1v) is 6.91. The van der Waals surface area contributed by atoms with Crippen LogP contribution in [-0.4, -0.2) is 17.7 Å². The number of hydrogen-bond acceptors (Lipinski definition) is 7. The van der Waals surface area contributed by atoms with Gasteiger partial charge in [0.25, 0.3) is 0 Å². The van der Waals surface area contributed by atoms with Gasteiger partial charge in [0.05, 0.1) is 16.5 Å². The normalized spacial score (nSPS) is 12.6. The van der Waals surface area contributed by atoms with Crippen LogP contribution in [0.4, 0.5) is 5.13 Å². The third-order valence-corrected chi connectivity index (χ3v) is 3.84. The highest BCUT2D eigenvalue weighted by molar-refractivity contribution is 7.22. The van der Waals surface area contributed by atoms with Crippen molar-refractivity contribution in [3.63, 3.8) is 0 Å². The summed E-state index contributed by atoms with van der Waals surface area (Å²) >= 11 is 1.40. The smallest absolute Gasteiger partial charge is 0.305 e. The lowest BCUT2D eigenvalue weighted by Gasteiger charge is -2.02. The Balaban J connectivity index is 1.53. The molecule has 0 saturated heterocycles. The Morgan fingerprint density at radius 1 is 1.29 bits per heavy atom. The Bertz CT molecular complexity index is 771. The molecule has 0 saturated carbocycles. The van der Waals surface area contributed by atoms with Gasteiger partial charge in [-0.15, -0.1) is 0 Å². The summed E-state index contributed by atoms with van der Waals surface area (Å²) in [6.45, 7) is 0.233. The van der Waals surface area contributed by atoms with E-state index in [9.17, 15) is 4.79 Å². The van der Waals surface area contributed by atoms with Crippen LogP contribution in [0.1, 0.15) is 10.6 Å². The van der Waals surface area contributed by atoms with E-state index in [1.807, 2.05) is 12.1 Å². The number of anilines is 1. The minimum Gasteiger partial charge on any atom is -0.459 e. The Labute approximate surface area is 122 Å². The summed E-state index contributed by atoms with van der Waals surface area (Å²) in [5.74, 6) is 1.24. The first kappa shape index (κ1) is 12.0. The van der Waals surface area contributed by atoms with Gasteiger partial charge in [-0.3, -0.25) is 15.6 Å². The number of carbonyl (C=O) groups is 1. The number of amides is 1. The number of benzene rings is 1. The first-order valence-electron chi connectivity index (χ1n) is 6.10. The van der Waals surface area contributed by atoms with Crippen molar-refractivity contribution in [1.29, 1.82) is 0 Å². The molecule has 0 aliphatic carbocycles. The molecule has 2 N–H and O–H groups in total. The summed E-state index contributed by atoms with van der Waals surface area (Å²) in [6, 6.07) is 6.91. The number of thiazole rings is 1. The van der Waals surface area contributed by atoms with Crippen molar-refractivity contribution >= 4 is 32.6 Å². The third-order valence-electron chi connectivity index (χ3n) is 2.91. The predicted molar refractivity (Wildman–Crippen MR) is 75.5 cm³/mol. The van der Waals surface area contributed by atoms with Crippen LogP contribution < -0.4 is 20.3 Å². The second kappa shape index (κ2) is 4.67. The van der Waals surface area contributed by atoms with Gasteiger partial charge in [-0.25, -0.2) is 4.98 Å². The van der Waals surface area contributed by atoms with Crippen molar-refractivity contribution in [1.82, 2.24) is 10.4 Å². The van der Waals surface area contributed by atoms with Gasteiger partial charge in [0.2, 0.25) is 11.9 Å². The molecule has 0 spiro atoms. The van der Waals surface area contributed by atoms with Crippen LogP contribution >= 0.6 is 11.3 Å². The van der Waals surface area contributed by atoms with E-state index in [0.29, 0.717) is 16.6 Å². The predicted octanol–water partition coefficient (Wildman–Crippen LogP) is 2.37. The van der Waals surface area contributed by atoms with E-state index in [2.05, 4.69) is 15.8 Å². The quantitative estimate of drug-likeness (QED) is 0.723. The molecule has 0 atom stereocenters. The fourth-order valence-electron chi connectivity index (χ4n) is 1.95. The Hall–Kier alpha value is -2.74. The van der Waals surface area contributed by atoms with Crippen LogP contribution in [0.25, 0.3) is 10.2 Å². The maximum Gasteiger partial charge on any atom is 0.305 e. The van der Waals surface area contributed by atoms with Gasteiger partial charge < -0.3 is 13.9 Å². The summed E-state index contributed by atoms with van der Waals surface area (Å²) in [5.41, 5.74) is 6.06. The Morgan fingerprint density at radius 2 is 2.14 bits per heavy atom. The zero-order chi connectivity index (χ0) is 14.2. The molecule has 0 unspecified atom stereocenters. The van der Waals surface area contributed by atoms with Gasteiger partial charge in [0, 0.05) is 12.1 Å². The van der Waals surface area contributed by atoms with E-state index in [0.717, 1.165) is 10.2 Å².